The minimum atomic E-state index is -0.477. The van der Waals surface area contributed by atoms with E-state index in [-0.39, 0.29) is 17.7 Å². The van der Waals surface area contributed by atoms with Gasteiger partial charge in [0.15, 0.2) is 5.69 Å². The Morgan fingerprint density at radius 2 is 2.28 bits per heavy atom. The lowest BCUT2D eigenvalue weighted by molar-refractivity contribution is 0.0232. The van der Waals surface area contributed by atoms with Crippen LogP contribution in [0.1, 0.15) is 35.8 Å². The molecule has 1 atom stereocenters. The van der Waals surface area contributed by atoms with Crippen LogP contribution < -0.4 is 9.47 Å². The molecule has 1 saturated heterocycles. The van der Waals surface area contributed by atoms with Crippen LogP contribution in [0.15, 0.2) is 41.0 Å². The van der Waals surface area contributed by atoms with E-state index in [0.717, 1.165) is 24.2 Å². The van der Waals surface area contributed by atoms with E-state index in [1.54, 1.807) is 4.90 Å². The highest BCUT2D eigenvalue weighted by molar-refractivity contribution is 5.92. The number of likely N-dealkylation sites (tertiary alicyclic amines) is 1. The second-order valence-corrected chi connectivity index (χ2v) is 6.30. The maximum absolute atomic E-state index is 12.8. The van der Waals surface area contributed by atoms with Gasteiger partial charge in [-0.3, -0.25) is 4.79 Å². The molecule has 0 N–H and O–H groups in total. The second kappa shape index (κ2) is 6.27. The first-order chi connectivity index (χ1) is 12.2. The molecule has 1 aromatic carbocycles. The van der Waals surface area contributed by atoms with Crippen LogP contribution in [0.2, 0.25) is 0 Å². The molecule has 0 aliphatic carbocycles. The Morgan fingerprint density at radius 1 is 1.40 bits per heavy atom. The van der Waals surface area contributed by atoms with Gasteiger partial charge in [0.2, 0.25) is 0 Å². The molecule has 1 unspecified atom stereocenters. The Bertz CT molecular complexity index is 813. The summed E-state index contributed by atoms with van der Waals surface area (Å²) in [6.07, 6.45) is 7.38. The lowest BCUT2D eigenvalue weighted by Crippen LogP contribution is -2.53. The highest BCUT2D eigenvalue weighted by Crippen LogP contribution is 2.36. The molecule has 0 saturated carbocycles. The Labute approximate surface area is 146 Å². The normalized spacial score (nSPS) is 21.7. The number of oxazole rings is 1. The number of rotatable bonds is 3. The van der Waals surface area contributed by atoms with E-state index < -0.39 is 5.60 Å². The third kappa shape index (κ3) is 2.99. The van der Waals surface area contributed by atoms with Crippen LogP contribution in [-0.4, -0.2) is 41.1 Å². The number of hydrogen-bond acceptors (Lipinski definition) is 5. The topological polar surface area (TPSA) is 64.8 Å². The van der Waals surface area contributed by atoms with Crippen molar-refractivity contribution in [3.63, 3.8) is 0 Å². The van der Waals surface area contributed by atoms with Gasteiger partial charge in [-0.2, -0.15) is 4.98 Å². The maximum Gasteiger partial charge on any atom is 0.394 e. The Balaban J connectivity index is 1.52. The van der Waals surface area contributed by atoms with Crippen molar-refractivity contribution >= 4 is 12.0 Å². The molecule has 6 nitrogen and oxygen atoms in total. The van der Waals surface area contributed by atoms with Gasteiger partial charge in [0.1, 0.15) is 17.6 Å². The molecule has 25 heavy (non-hydrogen) atoms. The summed E-state index contributed by atoms with van der Waals surface area (Å²) >= 11 is 0. The van der Waals surface area contributed by atoms with Crippen LogP contribution in [0.4, 0.5) is 0 Å². The van der Waals surface area contributed by atoms with Crippen molar-refractivity contribution in [3.05, 3.63) is 47.9 Å². The summed E-state index contributed by atoms with van der Waals surface area (Å²) in [7, 11) is 0. The molecule has 0 radical (unpaired) electrons. The number of para-hydroxylation sites is 1. The maximum atomic E-state index is 12.8. The summed E-state index contributed by atoms with van der Waals surface area (Å²) in [6, 6.07) is 7.94. The Kier molecular flexibility index (Phi) is 3.95. The van der Waals surface area contributed by atoms with Crippen LogP contribution in [0.3, 0.4) is 0 Å². The molecule has 1 spiro atoms. The molecule has 2 aliphatic rings. The van der Waals surface area contributed by atoms with Crippen molar-refractivity contribution < 1.29 is 18.7 Å². The molecule has 0 bridgehead atoms. The van der Waals surface area contributed by atoms with Crippen molar-refractivity contribution in [2.24, 2.45) is 0 Å². The third-order valence-electron chi connectivity index (χ3n) is 4.54. The van der Waals surface area contributed by atoms with E-state index in [0.29, 0.717) is 19.7 Å². The molecule has 2 aliphatic heterocycles. The molecule has 3 heterocycles. The first-order valence-electron chi connectivity index (χ1n) is 8.54. The van der Waals surface area contributed by atoms with Crippen LogP contribution in [0.5, 0.6) is 11.8 Å². The predicted molar refractivity (Wildman–Crippen MR) is 91.6 cm³/mol. The van der Waals surface area contributed by atoms with E-state index in [1.807, 2.05) is 31.2 Å². The first-order valence-corrected chi connectivity index (χ1v) is 8.54. The lowest BCUT2D eigenvalue weighted by Gasteiger charge is -2.42. The van der Waals surface area contributed by atoms with E-state index in [9.17, 15) is 4.79 Å². The number of carbonyl (C=O) groups excluding carboxylic acids is 1. The van der Waals surface area contributed by atoms with E-state index in [4.69, 9.17) is 13.9 Å². The molecule has 130 valence electrons. The van der Waals surface area contributed by atoms with Gasteiger partial charge in [-0.1, -0.05) is 24.3 Å². The Morgan fingerprint density at radius 3 is 3.16 bits per heavy atom. The van der Waals surface area contributed by atoms with E-state index in [2.05, 4.69) is 17.1 Å². The average molecular weight is 340 g/mol. The van der Waals surface area contributed by atoms with Gasteiger partial charge in [-0.25, -0.2) is 0 Å². The lowest BCUT2D eigenvalue weighted by atomic mass is 9.89. The number of amides is 1. The Hall–Kier alpha value is -2.76. The first kappa shape index (κ1) is 15.7. The van der Waals surface area contributed by atoms with E-state index in [1.165, 1.54) is 6.26 Å². The van der Waals surface area contributed by atoms with Crippen molar-refractivity contribution in [2.75, 3.05) is 19.7 Å². The SMILES string of the molecule is CCOc1nc(C(=O)N2CCCC3(C=Cc4ccccc4O3)C2)co1. The fourth-order valence-corrected chi connectivity index (χ4v) is 3.36. The second-order valence-electron chi connectivity index (χ2n) is 6.30. The number of aromatic nitrogens is 1. The highest BCUT2D eigenvalue weighted by atomic mass is 16.6. The number of ether oxygens (including phenoxy) is 2. The summed E-state index contributed by atoms with van der Waals surface area (Å²) in [5.74, 6) is 0.698. The largest absolute Gasteiger partial charge is 0.481 e. The predicted octanol–water partition coefficient (Wildman–Crippen LogP) is 3.15. The monoisotopic (exact) mass is 340 g/mol. The van der Waals surface area contributed by atoms with Gasteiger partial charge < -0.3 is 18.8 Å². The molecular formula is C19H20N2O4. The number of hydrogen-bond donors (Lipinski definition) is 0. The molecule has 1 amide bonds. The smallest absolute Gasteiger partial charge is 0.394 e. The highest BCUT2D eigenvalue weighted by Gasteiger charge is 2.39. The van der Waals surface area contributed by atoms with E-state index >= 15 is 0 Å². The third-order valence-corrected chi connectivity index (χ3v) is 4.54. The average Bonchev–Trinajstić information content (AvgIpc) is 3.10. The van der Waals surface area contributed by atoms with Crippen LogP contribution >= 0.6 is 0 Å². The zero-order valence-electron chi connectivity index (χ0n) is 14.1. The fourth-order valence-electron chi connectivity index (χ4n) is 3.36. The standard InChI is InChI=1S/C19H20N2O4/c1-2-23-18-20-15(12-24-18)17(22)21-11-5-9-19(13-21)10-8-14-6-3-4-7-16(14)25-19/h3-4,6-8,10,12H,2,5,9,11,13H2,1H3. The summed E-state index contributed by atoms with van der Waals surface area (Å²) in [5, 5.41) is 0. The van der Waals surface area contributed by atoms with Gasteiger partial charge in [-0.15, -0.1) is 0 Å². The number of fused-ring (bicyclic) bond motifs is 1. The van der Waals surface area contributed by atoms with Gasteiger partial charge in [0.05, 0.1) is 13.2 Å². The van der Waals surface area contributed by atoms with Crippen LogP contribution in [0, 0.1) is 0 Å². The summed E-state index contributed by atoms with van der Waals surface area (Å²) < 4.78 is 16.6. The van der Waals surface area contributed by atoms with Crippen LogP contribution in [-0.2, 0) is 0 Å². The van der Waals surface area contributed by atoms with Crippen molar-refractivity contribution in [2.45, 2.75) is 25.4 Å². The molecule has 6 heteroatoms. The van der Waals surface area contributed by atoms with Crippen molar-refractivity contribution in [1.29, 1.82) is 0 Å². The summed E-state index contributed by atoms with van der Waals surface area (Å²) in [6.45, 7) is 3.45. The zero-order valence-corrected chi connectivity index (χ0v) is 14.1. The van der Waals surface area contributed by atoms with Gasteiger partial charge in [0.25, 0.3) is 5.91 Å². The number of nitrogens with zero attached hydrogens (tertiary/aromatic N) is 2. The number of carbonyl (C=O) groups is 1. The minimum Gasteiger partial charge on any atom is -0.481 e. The summed E-state index contributed by atoms with van der Waals surface area (Å²) in [4.78, 5) is 18.6. The fraction of sp³-hybridized carbons (Fsp3) is 0.368. The molecule has 2 aromatic rings. The van der Waals surface area contributed by atoms with Gasteiger partial charge in [0, 0.05) is 12.1 Å². The van der Waals surface area contributed by atoms with Crippen molar-refractivity contribution in [3.8, 4) is 11.8 Å². The quantitative estimate of drug-likeness (QED) is 0.859. The number of benzene rings is 1. The number of piperidine rings is 1. The van der Waals surface area contributed by atoms with Crippen LogP contribution in [0.25, 0.3) is 6.08 Å². The molecule has 4 rings (SSSR count). The summed E-state index contributed by atoms with van der Waals surface area (Å²) in [5.41, 5.74) is 0.851. The van der Waals surface area contributed by atoms with Crippen molar-refractivity contribution in [1.82, 2.24) is 9.88 Å². The molecule has 1 aromatic heterocycles. The zero-order chi connectivity index (χ0) is 17.3. The molecule has 1 fully saturated rings. The molecular weight excluding hydrogens is 320 g/mol. The minimum absolute atomic E-state index is 0.125. The van der Waals surface area contributed by atoms with Gasteiger partial charge >= 0.3 is 6.08 Å². The van der Waals surface area contributed by atoms with Gasteiger partial charge in [-0.05, 0) is 31.9 Å².